The van der Waals surface area contributed by atoms with Gasteiger partial charge < -0.3 is 10.7 Å². The minimum atomic E-state index is -4.36. The van der Waals surface area contributed by atoms with Gasteiger partial charge in [0.2, 0.25) is 0 Å². The Morgan fingerprint density at radius 3 is 2.56 bits per heavy atom. The molecule has 0 aliphatic carbocycles. The average Bonchev–Trinajstić information content (AvgIpc) is 2.58. The number of nitrogens with two attached hydrogens (primary N) is 1. The molecule has 3 N–H and O–H groups in total. The molecule has 0 fully saturated rings. The van der Waals surface area contributed by atoms with Crippen LogP contribution in [0.1, 0.15) is 24.1 Å². The molecular formula is C11H11F3N2. The fourth-order valence-corrected chi connectivity index (χ4v) is 1.81. The highest BCUT2D eigenvalue weighted by atomic mass is 19.4. The number of nitrogens with one attached hydrogen (secondary N) is 1. The van der Waals surface area contributed by atoms with Gasteiger partial charge in [0.1, 0.15) is 0 Å². The normalized spacial score (nSPS) is 14.3. The molecule has 0 aliphatic rings. The molecule has 0 bridgehead atoms. The predicted octanol–water partition coefficient (Wildman–Crippen LogP) is 3.21. The summed E-state index contributed by atoms with van der Waals surface area (Å²) < 4.78 is 38.4. The fraction of sp³-hybridized carbons (Fsp3) is 0.273. The van der Waals surface area contributed by atoms with Crippen molar-refractivity contribution >= 4 is 10.9 Å². The maximum absolute atomic E-state index is 12.8. The summed E-state index contributed by atoms with van der Waals surface area (Å²) in [6.45, 7) is 1.66. The van der Waals surface area contributed by atoms with E-state index in [0.717, 1.165) is 6.07 Å². The third-order valence-electron chi connectivity index (χ3n) is 2.53. The van der Waals surface area contributed by atoms with Gasteiger partial charge in [-0.05, 0) is 24.6 Å². The number of aromatic amines is 1. The number of aromatic nitrogens is 1. The third kappa shape index (κ3) is 1.67. The third-order valence-corrected chi connectivity index (χ3v) is 2.53. The Labute approximate surface area is 90.3 Å². The van der Waals surface area contributed by atoms with E-state index in [1.165, 1.54) is 12.3 Å². The van der Waals surface area contributed by atoms with E-state index in [-0.39, 0.29) is 5.39 Å². The number of halogens is 3. The van der Waals surface area contributed by atoms with Gasteiger partial charge in [-0.15, -0.1) is 0 Å². The topological polar surface area (TPSA) is 41.8 Å². The summed E-state index contributed by atoms with van der Waals surface area (Å²) in [5, 5.41) is 0.171. The number of alkyl halides is 3. The Morgan fingerprint density at radius 2 is 2.00 bits per heavy atom. The number of hydrogen-bond donors (Lipinski definition) is 2. The molecule has 0 aliphatic heterocycles. The van der Waals surface area contributed by atoms with Gasteiger partial charge in [-0.25, -0.2) is 0 Å². The lowest BCUT2D eigenvalue weighted by atomic mass is 10.0. The largest absolute Gasteiger partial charge is 0.417 e. The molecule has 1 aromatic carbocycles. The lowest BCUT2D eigenvalue weighted by Gasteiger charge is -2.11. The minimum Gasteiger partial charge on any atom is -0.361 e. The first-order valence-electron chi connectivity index (χ1n) is 4.84. The Morgan fingerprint density at radius 1 is 1.31 bits per heavy atom. The SMILES string of the molecule is CC(N)c1c[nH]c2cccc(C(F)(F)F)c12. The van der Waals surface area contributed by atoms with Crippen LogP contribution in [0.5, 0.6) is 0 Å². The van der Waals surface area contributed by atoms with Crippen molar-refractivity contribution in [3.8, 4) is 0 Å². The predicted molar refractivity (Wildman–Crippen MR) is 55.9 cm³/mol. The summed E-state index contributed by atoms with van der Waals surface area (Å²) in [5.41, 5.74) is 5.96. The van der Waals surface area contributed by atoms with Crippen LogP contribution in [-0.4, -0.2) is 4.98 Å². The molecule has 0 radical (unpaired) electrons. The monoisotopic (exact) mass is 228 g/mol. The molecule has 0 saturated carbocycles. The molecule has 86 valence electrons. The molecule has 1 atom stereocenters. The van der Waals surface area contributed by atoms with E-state index in [1.54, 1.807) is 13.0 Å². The van der Waals surface area contributed by atoms with E-state index >= 15 is 0 Å². The molecule has 0 amide bonds. The van der Waals surface area contributed by atoms with Gasteiger partial charge in [0.15, 0.2) is 0 Å². The highest BCUT2D eigenvalue weighted by Crippen LogP contribution is 2.37. The molecule has 1 heterocycles. The maximum Gasteiger partial charge on any atom is 0.417 e. The number of fused-ring (bicyclic) bond motifs is 1. The van der Waals surface area contributed by atoms with E-state index in [4.69, 9.17) is 5.73 Å². The summed E-state index contributed by atoms with van der Waals surface area (Å²) in [7, 11) is 0. The molecule has 5 heteroatoms. The van der Waals surface area contributed by atoms with Crippen molar-refractivity contribution in [1.29, 1.82) is 0 Å². The quantitative estimate of drug-likeness (QED) is 0.773. The lowest BCUT2D eigenvalue weighted by molar-refractivity contribution is -0.136. The van der Waals surface area contributed by atoms with E-state index < -0.39 is 17.8 Å². The second-order valence-electron chi connectivity index (χ2n) is 3.76. The average molecular weight is 228 g/mol. The summed E-state index contributed by atoms with van der Waals surface area (Å²) in [6, 6.07) is 3.63. The van der Waals surface area contributed by atoms with Crippen molar-refractivity contribution in [3.63, 3.8) is 0 Å². The summed E-state index contributed by atoms with van der Waals surface area (Å²) >= 11 is 0. The van der Waals surface area contributed by atoms with Crippen LogP contribution in [-0.2, 0) is 6.18 Å². The number of H-pyrrole nitrogens is 1. The Hall–Kier alpha value is -1.49. The van der Waals surface area contributed by atoms with E-state index in [9.17, 15) is 13.2 Å². The molecule has 2 rings (SSSR count). The van der Waals surface area contributed by atoms with Gasteiger partial charge in [-0.2, -0.15) is 13.2 Å². The van der Waals surface area contributed by atoms with Crippen LogP contribution in [0.4, 0.5) is 13.2 Å². The van der Waals surface area contributed by atoms with E-state index in [2.05, 4.69) is 4.98 Å². The zero-order chi connectivity index (χ0) is 11.9. The van der Waals surface area contributed by atoms with Crippen molar-refractivity contribution < 1.29 is 13.2 Å². The Kier molecular flexibility index (Phi) is 2.42. The Balaban J connectivity index is 2.79. The first-order valence-corrected chi connectivity index (χ1v) is 4.84. The van der Waals surface area contributed by atoms with Crippen molar-refractivity contribution in [2.24, 2.45) is 5.73 Å². The van der Waals surface area contributed by atoms with Crippen molar-refractivity contribution in [3.05, 3.63) is 35.5 Å². The smallest absolute Gasteiger partial charge is 0.361 e. The van der Waals surface area contributed by atoms with Crippen LogP contribution in [0, 0.1) is 0 Å². The van der Waals surface area contributed by atoms with Crippen molar-refractivity contribution in [1.82, 2.24) is 4.98 Å². The zero-order valence-corrected chi connectivity index (χ0v) is 8.60. The Bertz CT molecular complexity index is 511. The molecular weight excluding hydrogens is 217 g/mol. The van der Waals surface area contributed by atoms with Crippen molar-refractivity contribution in [2.45, 2.75) is 19.1 Å². The van der Waals surface area contributed by atoms with Gasteiger partial charge in [0.05, 0.1) is 5.56 Å². The maximum atomic E-state index is 12.8. The van der Waals surface area contributed by atoms with Crippen LogP contribution in [0.15, 0.2) is 24.4 Å². The first kappa shape index (κ1) is 11.0. The van der Waals surface area contributed by atoms with Crippen LogP contribution in [0.2, 0.25) is 0 Å². The van der Waals surface area contributed by atoms with Gasteiger partial charge in [-0.1, -0.05) is 6.07 Å². The second kappa shape index (κ2) is 3.52. The second-order valence-corrected chi connectivity index (χ2v) is 3.76. The summed E-state index contributed by atoms with van der Waals surface area (Å²) in [4.78, 5) is 2.80. The molecule has 0 saturated heterocycles. The van der Waals surface area contributed by atoms with E-state index in [1.807, 2.05) is 0 Å². The van der Waals surface area contributed by atoms with Gasteiger partial charge in [-0.3, -0.25) is 0 Å². The van der Waals surface area contributed by atoms with Gasteiger partial charge in [0.25, 0.3) is 0 Å². The van der Waals surface area contributed by atoms with Crippen LogP contribution < -0.4 is 5.73 Å². The van der Waals surface area contributed by atoms with Gasteiger partial charge >= 0.3 is 6.18 Å². The standard InChI is InChI=1S/C11H11F3N2/c1-6(15)7-5-16-9-4-2-3-8(10(7)9)11(12,13)14/h2-6,16H,15H2,1H3. The lowest BCUT2D eigenvalue weighted by Crippen LogP contribution is -2.09. The zero-order valence-electron chi connectivity index (χ0n) is 8.60. The fourth-order valence-electron chi connectivity index (χ4n) is 1.81. The first-order chi connectivity index (χ1) is 7.41. The summed E-state index contributed by atoms with van der Waals surface area (Å²) in [6.07, 6.45) is -2.82. The minimum absolute atomic E-state index is 0.171. The molecule has 2 nitrogen and oxygen atoms in total. The molecule has 2 aromatic rings. The van der Waals surface area contributed by atoms with Crippen molar-refractivity contribution in [2.75, 3.05) is 0 Å². The highest BCUT2D eigenvalue weighted by Gasteiger charge is 2.33. The highest BCUT2D eigenvalue weighted by molar-refractivity contribution is 5.87. The van der Waals surface area contributed by atoms with E-state index in [0.29, 0.717) is 11.1 Å². The van der Waals surface area contributed by atoms with Crippen LogP contribution in [0.25, 0.3) is 10.9 Å². The molecule has 0 spiro atoms. The summed E-state index contributed by atoms with van der Waals surface area (Å²) in [5.74, 6) is 0. The van der Waals surface area contributed by atoms with Crippen LogP contribution >= 0.6 is 0 Å². The number of rotatable bonds is 1. The molecule has 1 unspecified atom stereocenters. The number of benzene rings is 1. The molecule has 16 heavy (non-hydrogen) atoms. The van der Waals surface area contributed by atoms with Gasteiger partial charge in [0, 0.05) is 23.1 Å². The molecule has 1 aromatic heterocycles. The van der Waals surface area contributed by atoms with Crippen LogP contribution in [0.3, 0.4) is 0 Å². The number of hydrogen-bond acceptors (Lipinski definition) is 1.